The Balaban J connectivity index is 3.32. The highest BCUT2D eigenvalue weighted by atomic mass is 28.4. The summed E-state index contributed by atoms with van der Waals surface area (Å²) >= 11 is 0. The average Bonchev–Trinajstić information content (AvgIpc) is 2.67. The third-order valence-electron chi connectivity index (χ3n) is 5.63. The molecule has 1 aliphatic rings. The molecule has 1 heterocycles. The number of ether oxygens (including phenoxy) is 1. The molecule has 1 fully saturated rings. The largest absolute Gasteiger partial charge is 0.396 e. The van der Waals surface area contributed by atoms with Crippen molar-refractivity contribution >= 4 is 20.4 Å². The van der Waals surface area contributed by atoms with Gasteiger partial charge in [-0.3, -0.25) is 9.59 Å². The molecule has 0 saturated carbocycles. The summed E-state index contributed by atoms with van der Waals surface area (Å²) in [4.78, 5) is 23.6. The van der Waals surface area contributed by atoms with Crippen LogP contribution in [0, 0.1) is 5.92 Å². The Labute approximate surface area is 163 Å². The summed E-state index contributed by atoms with van der Waals surface area (Å²) in [6.45, 7) is 10.9. The molecule has 154 valence electrons. The van der Waals surface area contributed by atoms with Gasteiger partial charge in [0, 0.05) is 39.3 Å². The van der Waals surface area contributed by atoms with Gasteiger partial charge < -0.3 is 24.2 Å². The summed E-state index contributed by atoms with van der Waals surface area (Å²) < 4.78 is 18.2. The van der Waals surface area contributed by atoms with Crippen LogP contribution in [0.25, 0.3) is 0 Å². The van der Waals surface area contributed by atoms with Gasteiger partial charge in [0.15, 0.2) is 0 Å². The fourth-order valence-electron chi connectivity index (χ4n) is 4.46. The fraction of sp³-hybridized carbons (Fsp3) is 0.684. The van der Waals surface area contributed by atoms with E-state index in [9.17, 15) is 9.59 Å². The summed E-state index contributed by atoms with van der Waals surface area (Å²) in [5, 5.41) is 5.13. The normalized spacial score (nSPS) is 26.5. The van der Waals surface area contributed by atoms with Crippen molar-refractivity contribution in [2.75, 3.05) is 21.3 Å². The number of carbonyl (C=O) groups is 2. The van der Waals surface area contributed by atoms with E-state index in [1.807, 2.05) is 13.8 Å². The predicted octanol–water partition coefficient (Wildman–Crippen LogP) is 1.83. The number of nitrogens with one attached hydrogen (secondary N) is 2. The summed E-state index contributed by atoms with van der Waals surface area (Å²) in [6.07, 6.45) is 4.80. The van der Waals surface area contributed by atoms with E-state index in [4.69, 9.17) is 13.6 Å². The molecule has 0 aromatic heterocycles. The number of rotatable bonds is 10. The van der Waals surface area contributed by atoms with Gasteiger partial charge in [0.1, 0.15) is 5.22 Å². The average molecular weight is 399 g/mol. The summed E-state index contributed by atoms with van der Waals surface area (Å²) in [6, 6.07) is 0.431. The Morgan fingerprint density at radius 3 is 2.19 bits per heavy atom. The van der Waals surface area contributed by atoms with Crippen LogP contribution in [0.15, 0.2) is 25.3 Å². The molecule has 0 aliphatic carbocycles. The van der Waals surface area contributed by atoms with Gasteiger partial charge in [0.05, 0.1) is 0 Å². The first-order chi connectivity index (χ1) is 12.8. The minimum absolute atomic E-state index is 0.0326. The second-order valence-corrected chi connectivity index (χ2v) is 10.7. The molecular formula is C19H34N2O5Si. The summed E-state index contributed by atoms with van der Waals surface area (Å²) in [5.41, 5.74) is 0. The Hall–Kier alpha value is -1.48. The fourth-order valence-corrected chi connectivity index (χ4v) is 8.70. The number of carbonyl (C=O) groups excluding carboxylic acids is 2. The zero-order valence-corrected chi connectivity index (χ0v) is 18.2. The van der Waals surface area contributed by atoms with Crippen molar-refractivity contribution in [3.8, 4) is 0 Å². The van der Waals surface area contributed by atoms with Crippen LogP contribution in [0.1, 0.15) is 33.1 Å². The molecule has 1 aliphatic heterocycles. The van der Waals surface area contributed by atoms with E-state index in [1.165, 1.54) is 12.2 Å². The first-order valence-electron chi connectivity index (χ1n) is 9.27. The lowest BCUT2D eigenvalue weighted by Gasteiger charge is -2.54. The van der Waals surface area contributed by atoms with Crippen molar-refractivity contribution in [3.63, 3.8) is 0 Å². The lowest BCUT2D eigenvalue weighted by atomic mass is 9.85. The Morgan fingerprint density at radius 2 is 1.70 bits per heavy atom. The van der Waals surface area contributed by atoms with Crippen molar-refractivity contribution in [2.24, 2.45) is 5.92 Å². The van der Waals surface area contributed by atoms with Gasteiger partial charge in [-0.2, -0.15) is 0 Å². The van der Waals surface area contributed by atoms with Crippen LogP contribution in [-0.2, 0) is 23.2 Å². The molecule has 7 nitrogen and oxygen atoms in total. The maximum Gasteiger partial charge on any atom is 0.371 e. The quantitative estimate of drug-likeness (QED) is 0.433. The highest BCUT2D eigenvalue weighted by Gasteiger charge is 2.64. The molecule has 0 spiro atoms. The van der Waals surface area contributed by atoms with Gasteiger partial charge in [-0.1, -0.05) is 19.6 Å². The molecule has 2 N–H and O–H groups in total. The molecule has 8 heteroatoms. The lowest BCUT2D eigenvalue weighted by Crippen LogP contribution is -2.72. The molecule has 0 aromatic rings. The third kappa shape index (κ3) is 4.87. The monoisotopic (exact) mass is 398 g/mol. The van der Waals surface area contributed by atoms with E-state index >= 15 is 0 Å². The van der Waals surface area contributed by atoms with Gasteiger partial charge in [-0.05, 0) is 44.9 Å². The van der Waals surface area contributed by atoms with Crippen LogP contribution in [0.5, 0.6) is 0 Å². The van der Waals surface area contributed by atoms with E-state index < -0.39 is 13.8 Å². The SMILES string of the molecule is C=CC(=O)NC(C)CC1(OC)C(C(C)NC(=O)C=C)CCC[Si]1(OC)OC. The van der Waals surface area contributed by atoms with Crippen LogP contribution in [-0.4, -0.2) is 59.0 Å². The Kier molecular flexibility index (Phi) is 8.87. The van der Waals surface area contributed by atoms with Crippen LogP contribution >= 0.6 is 0 Å². The van der Waals surface area contributed by atoms with Crippen LogP contribution in [0.3, 0.4) is 0 Å². The number of hydrogen-bond donors (Lipinski definition) is 2. The topological polar surface area (TPSA) is 85.9 Å². The minimum atomic E-state index is -2.80. The first kappa shape index (κ1) is 23.6. The van der Waals surface area contributed by atoms with Gasteiger partial charge >= 0.3 is 8.56 Å². The standard InChI is InChI=1S/C19H34N2O5Si/c1-8-17(22)20-14(3)13-19(24-5)16(15(4)21-18(23)9-2)11-10-12-27(19,25-6)26-7/h8-9,14-16H,1-2,10-13H2,3-7H3,(H,20,22)(H,21,23). The van der Waals surface area contributed by atoms with Crippen LogP contribution < -0.4 is 10.6 Å². The maximum absolute atomic E-state index is 11.9. The smallest absolute Gasteiger partial charge is 0.371 e. The second-order valence-electron chi connectivity index (χ2n) is 7.07. The molecule has 0 bridgehead atoms. The Bertz CT molecular complexity index is 552. The molecule has 1 rings (SSSR count). The van der Waals surface area contributed by atoms with E-state index in [0.29, 0.717) is 6.42 Å². The number of hydrogen-bond acceptors (Lipinski definition) is 5. The highest BCUT2D eigenvalue weighted by molar-refractivity contribution is 6.70. The molecule has 0 aromatic carbocycles. The zero-order chi connectivity index (χ0) is 20.7. The third-order valence-corrected chi connectivity index (χ3v) is 10.0. The first-order valence-corrected chi connectivity index (χ1v) is 11.3. The molecule has 4 unspecified atom stereocenters. The molecule has 0 radical (unpaired) electrons. The predicted molar refractivity (Wildman–Crippen MR) is 107 cm³/mol. The summed E-state index contributed by atoms with van der Waals surface area (Å²) in [7, 11) is 2.17. The molecule has 4 atom stereocenters. The van der Waals surface area contributed by atoms with Crippen molar-refractivity contribution in [3.05, 3.63) is 25.3 Å². The summed E-state index contributed by atoms with van der Waals surface area (Å²) in [5.74, 6) is -0.501. The highest BCUT2D eigenvalue weighted by Crippen LogP contribution is 2.47. The van der Waals surface area contributed by atoms with Gasteiger partial charge in [0.2, 0.25) is 11.8 Å². The Morgan fingerprint density at radius 1 is 1.15 bits per heavy atom. The zero-order valence-electron chi connectivity index (χ0n) is 17.2. The van der Waals surface area contributed by atoms with Crippen LogP contribution in [0.4, 0.5) is 0 Å². The molecular weight excluding hydrogens is 364 g/mol. The maximum atomic E-state index is 11.9. The van der Waals surface area contributed by atoms with Gasteiger partial charge in [-0.25, -0.2) is 0 Å². The van der Waals surface area contributed by atoms with Gasteiger partial charge in [0.25, 0.3) is 0 Å². The van der Waals surface area contributed by atoms with Crippen molar-refractivity contribution < 1.29 is 23.2 Å². The van der Waals surface area contributed by atoms with E-state index in [0.717, 1.165) is 18.9 Å². The van der Waals surface area contributed by atoms with Crippen molar-refractivity contribution in [2.45, 2.75) is 56.5 Å². The van der Waals surface area contributed by atoms with Crippen molar-refractivity contribution in [1.29, 1.82) is 0 Å². The van der Waals surface area contributed by atoms with E-state index in [-0.39, 0.29) is 29.8 Å². The minimum Gasteiger partial charge on any atom is -0.396 e. The van der Waals surface area contributed by atoms with E-state index in [1.54, 1.807) is 21.3 Å². The number of amides is 2. The molecule has 1 saturated heterocycles. The van der Waals surface area contributed by atoms with Gasteiger partial charge in [-0.15, -0.1) is 0 Å². The molecule has 27 heavy (non-hydrogen) atoms. The second kappa shape index (κ2) is 10.2. The lowest BCUT2D eigenvalue weighted by molar-refractivity contribution is -0.119. The van der Waals surface area contributed by atoms with Crippen LogP contribution in [0.2, 0.25) is 6.04 Å². The number of methoxy groups -OCH3 is 1. The van der Waals surface area contributed by atoms with E-state index in [2.05, 4.69) is 23.8 Å². The van der Waals surface area contributed by atoms with Crippen molar-refractivity contribution in [1.82, 2.24) is 10.6 Å². The molecule has 2 amide bonds.